The van der Waals surface area contributed by atoms with E-state index in [0.717, 1.165) is 24.3 Å². The van der Waals surface area contributed by atoms with Crippen molar-refractivity contribution in [2.24, 2.45) is 13.0 Å². The monoisotopic (exact) mass is 245 g/mol. The van der Waals surface area contributed by atoms with Gasteiger partial charge in [0.25, 0.3) is 0 Å². The number of imidazole rings is 1. The average molecular weight is 245 g/mol. The summed E-state index contributed by atoms with van der Waals surface area (Å²) in [5.41, 5.74) is 3.73. The standard InChI is InChI=1S/C15H23N3/c1-5-12(10-16-3)8-13-6-7-15-14(9-13)17-11(2)18(15)4/h6-7,9,12,16H,5,8,10H2,1-4H3. The number of nitrogens with zero attached hydrogens (tertiary/aromatic N) is 2. The van der Waals surface area contributed by atoms with E-state index in [-0.39, 0.29) is 0 Å². The lowest BCUT2D eigenvalue weighted by atomic mass is 9.96. The van der Waals surface area contributed by atoms with Crippen LogP contribution in [0.2, 0.25) is 0 Å². The van der Waals surface area contributed by atoms with Crippen LogP contribution in [-0.4, -0.2) is 23.1 Å². The van der Waals surface area contributed by atoms with E-state index >= 15 is 0 Å². The third-order valence-corrected chi connectivity index (χ3v) is 3.76. The largest absolute Gasteiger partial charge is 0.331 e. The fourth-order valence-corrected chi connectivity index (χ4v) is 2.48. The number of fused-ring (bicyclic) bond motifs is 1. The van der Waals surface area contributed by atoms with Gasteiger partial charge in [-0.05, 0) is 50.6 Å². The Hall–Kier alpha value is -1.35. The molecule has 0 aliphatic heterocycles. The molecule has 0 fully saturated rings. The summed E-state index contributed by atoms with van der Waals surface area (Å²) < 4.78 is 2.14. The molecule has 0 saturated carbocycles. The zero-order chi connectivity index (χ0) is 13.1. The lowest BCUT2D eigenvalue weighted by molar-refractivity contribution is 0.481. The molecule has 0 radical (unpaired) electrons. The average Bonchev–Trinajstić information content (AvgIpc) is 2.64. The van der Waals surface area contributed by atoms with Crippen LogP contribution in [0.25, 0.3) is 11.0 Å². The van der Waals surface area contributed by atoms with Crippen molar-refractivity contribution >= 4 is 11.0 Å². The first kappa shape index (κ1) is 13.1. The maximum absolute atomic E-state index is 4.60. The summed E-state index contributed by atoms with van der Waals surface area (Å²) in [5.74, 6) is 1.78. The van der Waals surface area contributed by atoms with Crippen molar-refractivity contribution in [2.75, 3.05) is 13.6 Å². The quantitative estimate of drug-likeness (QED) is 0.877. The molecule has 3 nitrogen and oxygen atoms in total. The molecular formula is C15H23N3. The van der Waals surface area contributed by atoms with Crippen LogP contribution in [0.1, 0.15) is 24.7 Å². The number of aryl methyl sites for hydroxylation is 2. The zero-order valence-corrected chi connectivity index (χ0v) is 11.8. The minimum Gasteiger partial charge on any atom is -0.331 e. The van der Waals surface area contributed by atoms with Gasteiger partial charge in [-0.1, -0.05) is 19.4 Å². The van der Waals surface area contributed by atoms with Crippen molar-refractivity contribution in [3.8, 4) is 0 Å². The molecule has 0 saturated heterocycles. The Morgan fingerprint density at radius 3 is 2.83 bits per heavy atom. The first-order valence-corrected chi connectivity index (χ1v) is 6.72. The molecule has 1 heterocycles. The molecule has 1 aromatic heterocycles. The van der Waals surface area contributed by atoms with E-state index in [0.29, 0.717) is 5.92 Å². The van der Waals surface area contributed by atoms with E-state index in [4.69, 9.17) is 0 Å². The molecule has 3 heteroatoms. The third kappa shape index (κ3) is 2.56. The molecule has 18 heavy (non-hydrogen) atoms. The highest BCUT2D eigenvalue weighted by molar-refractivity contribution is 5.76. The van der Waals surface area contributed by atoms with Crippen molar-refractivity contribution < 1.29 is 0 Å². The zero-order valence-electron chi connectivity index (χ0n) is 11.8. The summed E-state index contributed by atoms with van der Waals surface area (Å²) in [5, 5.41) is 3.27. The summed E-state index contributed by atoms with van der Waals surface area (Å²) in [6.45, 7) is 5.39. The molecule has 0 bridgehead atoms. The summed E-state index contributed by atoms with van der Waals surface area (Å²) in [7, 11) is 4.09. The lowest BCUT2D eigenvalue weighted by Gasteiger charge is -2.14. The summed E-state index contributed by atoms with van der Waals surface area (Å²) in [6, 6.07) is 6.67. The normalized spacial score (nSPS) is 13.1. The number of aromatic nitrogens is 2. The SMILES string of the molecule is CCC(CNC)Cc1ccc2c(c1)nc(C)n2C. The Labute approximate surface area is 109 Å². The third-order valence-electron chi connectivity index (χ3n) is 3.76. The van der Waals surface area contributed by atoms with Crippen LogP contribution in [0.15, 0.2) is 18.2 Å². The van der Waals surface area contributed by atoms with Gasteiger partial charge in [0, 0.05) is 7.05 Å². The highest BCUT2D eigenvalue weighted by Crippen LogP contribution is 2.19. The summed E-state index contributed by atoms with van der Waals surface area (Å²) in [6.07, 6.45) is 2.34. The molecule has 0 aliphatic rings. The van der Waals surface area contributed by atoms with Crippen molar-refractivity contribution in [3.63, 3.8) is 0 Å². The predicted molar refractivity (Wildman–Crippen MR) is 76.9 cm³/mol. The summed E-state index contributed by atoms with van der Waals surface area (Å²) >= 11 is 0. The van der Waals surface area contributed by atoms with Gasteiger partial charge in [0.1, 0.15) is 5.82 Å². The minimum atomic E-state index is 0.706. The number of rotatable bonds is 5. The fourth-order valence-electron chi connectivity index (χ4n) is 2.48. The topological polar surface area (TPSA) is 29.9 Å². The van der Waals surface area contributed by atoms with Crippen LogP contribution < -0.4 is 5.32 Å². The maximum Gasteiger partial charge on any atom is 0.106 e. The molecule has 1 unspecified atom stereocenters. The highest BCUT2D eigenvalue weighted by Gasteiger charge is 2.09. The van der Waals surface area contributed by atoms with Crippen LogP contribution in [-0.2, 0) is 13.5 Å². The first-order valence-electron chi connectivity index (χ1n) is 6.72. The predicted octanol–water partition coefficient (Wildman–Crippen LogP) is 2.67. The molecule has 1 aromatic carbocycles. The number of hydrogen-bond acceptors (Lipinski definition) is 2. The second kappa shape index (κ2) is 5.53. The second-order valence-corrected chi connectivity index (χ2v) is 5.08. The molecule has 98 valence electrons. The Bertz CT molecular complexity index is 528. The van der Waals surface area contributed by atoms with E-state index in [1.54, 1.807) is 0 Å². The molecule has 2 rings (SSSR count). The number of hydrogen-bond donors (Lipinski definition) is 1. The van der Waals surface area contributed by atoms with Crippen LogP contribution in [0, 0.1) is 12.8 Å². The Morgan fingerprint density at radius 2 is 2.17 bits per heavy atom. The second-order valence-electron chi connectivity index (χ2n) is 5.08. The molecular weight excluding hydrogens is 222 g/mol. The van der Waals surface area contributed by atoms with Gasteiger partial charge in [0.15, 0.2) is 0 Å². The van der Waals surface area contributed by atoms with Gasteiger partial charge in [0.05, 0.1) is 11.0 Å². The lowest BCUT2D eigenvalue weighted by Crippen LogP contribution is -2.20. The van der Waals surface area contributed by atoms with Crippen LogP contribution in [0.4, 0.5) is 0 Å². The van der Waals surface area contributed by atoms with Gasteiger partial charge in [-0.2, -0.15) is 0 Å². The minimum absolute atomic E-state index is 0.706. The van der Waals surface area contributed by atoms with E-state index in [1.165, 1.54) is 17.5 Å². The number of benzene rings is 1. The molecule has 0 spiro atoms. The van der Waals surface area contributed by atoms with E-state index in [1.807, 2.05) is 7.05 Å². The van der Waals surface area contributed by atoms with Gasteiger partial charge in [-0.15, -0.1) is 0 Å². The van der Waals surface area contributed by atoms with Crippen LogP contribution >= 0.6 is 0 Å². The smallest absolute Gasteiger partial charge is 0.106 e. The van der Waals surface area contributed by atoms with Gasteiger partial charge in [0.2, 0.25) is 0 Å². The molecule has 1 N–H and O–H groups in total. The first-order chi connectivity index (χ1) is 8.65. The molecule has 1 atom stereocenters. The van der Waals surface area contributed by atoms with Crippen molar-refractivity contribution in [3.05, 3.63) is 29.6 Å². The van der Waals surface area contributed by atoms with Gasteiger partial charge >= 0.3 is 0 Å². The van der Waals surface area contributed by atoms with Gasteiger partial charge in [-0.3, -0.25) is 0 Å². The van der Waals surface area contributed by atoms with Gasteiger partial charge in [-0.25, -0.2) is 4.98 Å². The Balaban J connectivity index is 2.24. The summed E-state index contributed by atoms with van der Waals surface area (Å²) in [4.78, 5) is 4.60. The molecule has 2 aromatic rings. The van der Waals surface area contributed by atoms with Crippen LogP contribution in [0.5, 0.6) is 0 Å². The molecule has 0 amide bonds. The highest BCUT2D eigenvalue weighted by atomic mass is 15.0. The number of nitrogens with one attached hydrogen (secondary N) is 1. The Morgan fingerprint density at radius 1 is 1.39 bits per heavy atom. The Kier molecular flexibility index (Phi) is 4.02. The van der Waals surface area contributed by atoms with E-state index in [9.17, 15) is 0 Å². The van der Waals surface area contributed by atoms with E-state index in [2.05, 4.69) is 54.0 Å². The van der Waals surface area contributed by atoms with Gasteiger partial charge < -0.3 is 9.88 Å². The van der Waals surface area contributed by atoms with Crippen LogP contribution in [0.3, 0.4) is 0 Å². The van der Waals surface area contributed by atoms with Crippen molar-refractivity contribution in [1.82, 2.24) is 14.9 Å². The maximum atomic E-state index is 4.60. The molecule has 0 aliphatic carbocycles. The van der Waals surface area contributed by atoms with Crippen molar-refractivity contribution in [2.45, 2.75) is 26.7 Å². The fraction of sp³-hybridized carbons (Fsp3) is 0.533. The van der Waals surface area contributed by atoms with E-state index < -0.39 is 0 Å². The van der Waals surface area contributed by atoms with Crippen molar-refractivity contribution in [1.29, 1.82) is 0 Å².